The predicted octanol–water partition coefficient (Wildman–Crippen LogP) is 3.73. The van der Waals surface area contributed by atoms with E-state index in [0.717, 1.165) is 24.8 Å². The second-order valence-corrected chi connectivity index (χ2v) is 7.25. The molecular weight excluding hydrogens is 344 g/mol. The van der Waals surface area contributed by atoms with Crippen LogP contribution < -0.4 is 0 Å². The molecule has 1 heterocycles. The van der Waals surface area contributed by atoms with E-state index in [-0.39, 0.29) is 12.6 Å². The van der Waals surface area contributed by atoms with Crippen LogP contribution in [0, 0.1) is 5.92 Å². The minimum absolute atomic E-state index is 0.225. The Balaban J connectivity index is 1.42. The van der Waals surface area contributed by atoms with Gasteiger partial charge in [0.1, 0.15) is 6.61 Å². The maximum Gasteiger partial charge on any atom is 0.334 e. The molecule has 0 bridgehead atoms. The lowest BCUT2D eigenvalue weighted by Gasteiger charge is -2.18. The zero-order valence-electron chi connectivity index (χ0n) is 15.9. The van der Waals surface area contributed by atoms with Crippen LogP contribution in [0.5, 0.6) is 0 Å². The van der Waals surface area contributed by atoms with Gasteiger partial charge in [-0.25, -0.2) is 9.59 Å². The molecule has 0 amide bonds. The molecule has 1 saturated carbocycles. The second-order valence-electron chi connectivity index (χ2n) is 7.25. The van der Waals surface area contributed by atoms with Crippen LogP contribution >= 0.6 is 0 Å². The quantitative estimate of drug-likeness (QED) is 0.317. The van der Waals surface area contributed by atoms with E-state index in [2.05, 4.69) is 0 Å². The fourth-order valence-electron chi connectivity index (χ4n) is 3.17. The predicted molar refractivity (Wildman–Crippen MR) is 101 cm³/mol. The number of epoxide rings is 1. The Kier molecular flexibility index (Phi) is 6.45. The molecule has 144 valence electrons. The van der Waals surface area contributed by atoms with E-state index in [1.807, 2.05) is 30.3 Å². The number of carbonyl (C=O) groups excluding carboxylic acids is 2. The summed E-state index contributed by atoms with van der Waals surface area (Å²) in [6.07, 6.45) is 7.11. The summed E-state index contributed by atoms with van der Waals surface area (Å²) in [5, 5.41) is 0. The molecule has 3 atom stereocenters. The number of hydrogen-bond donors (Lipinski definition) is 0. The largest absolute Gasteiger partial charge is 0.462 e. The van der Waals surface area contributed by atoms with E-state index in [9.17, 15) is 9.59 Å². The maximum atomic E-state index is 12.1. The molecule has 27 heavy (non-hydrogen) atoms. The highest BCUT2D eigenvalue weighted by atomic mass is 16.6. The summed E-state index contributed by atoms with van der Waals surface area (Å²) in [6.45, 7) is 4.00. The SMILES string of the molecule is C/C(=C\C=C(/C)C(=O)OCC1CCC2OC2C1)C(=O)OCc1ccccc1. The zero-order chi connectivity index (χ0) is 19.2. The average molecular weight is 370 g/mol. The van der Waals surface area contributed by atoms with E-state index in [0.29, 0.717) is 35.9 Å². The van der Waals surface area contributed by atoms with Crippen molar-refractivity contribution in [3.05, 3.63) is 59.2 Å². The van der Waals surface area contributed by atoms with Gasteiger partial charge in [-0.15, -0.1) is 0 Å². The zero-order valence-corrected chi connectivity index (χ0v) is 15.9. The molecule has 1 aromatic rings. The van der Waals surface area contributed by atoms with Gasteiger partial charge in [-0.2, -0.15) is 0 Å². The Bertz CT molecular complexity index is 734. The third kappa shape index (κ3) is 5.79. The second kappa shape index (κ2) is 9.00. The smallest absolute Gasteiger partial charge is 0.334 e. The van der Waals surface area contributed by atoms with Gasteiger partial charge < -0.3 is 14.2 Å². The van der Waals surface area contributed by atoms with Crippen LogP contribution in [-0.4, -0.2) is 30.8 Å². The van der Waals surface area contributed by atoms with Crippen molar-refractivity contribution in [3.63, 3.8) is 0 Å². The summed E-state index contributed by atoms with van der Waals surface area (Å²) in [5.74, 6) is -0.372. The lowest BCUT2D eigenvalue weighted by atomic mass is 9.90. The van der Waals surface area contributed by atoms with Crippen LogP contribution in [0.25, 0.3) is 0 Å². The van der Waals surface area contributed by atoms with Crippen LogP contribution in [-0.2, 0) is 30.4 Å². The van der Waals surface area contributed by atoms with Crippen molar-refractivity contribution < 1.29 is 23.8 Å². The van der Waals surface area contributed by atoms with E-state index in [4.69, 9.17) is 14.2 Å². The molecule has 0 N–H and O–H groups in total. The normalized spacial score (nSPS) is 24.7. The number of benzene rings is 1. The molecule has 1 aliphatic carbocycles. The number of hydrogen-bond acceptors (Lipinski definition) is 5. The molecule has 2 aliphatic rings. The number of fused-ring (bicyclic) bond motifs is 1. The van der Waals surface area contributed by atoms with E-state index >= 15 is 0 Å². The average Bonchev–Trinajstić information content (AvgIpc) is 3.47. The molecule has 5 nitrogen and oxygen atoms in total. The minimum Gasteiger partial charge on any atom is -0.462 e. The van der Waals surface area contributed by atoms with Crippen molar-refractivity contribution in [1.82, 2.24) is 0 Å². The summed E-state index contributed by atoms with van der Waals surface area (Å²) >= 11 is 0. The lowest BCUT2D eigenvalue weighted by molar-refractivity contribution is -0.141. The molecule has 3 rings (SSSR count). The highest BCUT2D eigenvalue weighted by Gasteiger charge is 2.43. The highest BCUT2D eigenvalue weighted by molar-refractivity contribution is 5.90. The van der Waals surface area contributed by atoms with Crippen LogP contribution in [0.1, 0.15) is 38.7 Å². The first-order valence-electron chi connectivity index (χ1n) is 9.41. The topological polar surface area (TPSA) is 65.1 Å². The van der Waals surface area contributed by atoms with Gasteiger partial charge in [0.05, 0.1) is 18.8 Å². The number of esters is 2. The Morgan fingerprint density at radius 1 is 1.00 bits per heavy atom. The van der Waals surface area contributed by atoms with Crippen molar-refractivity contribution in [2.45, 2.75) is 51.9 Å². The molecular formula is C22H26O5. The summed E-state index contributed by atoms with van der Waals surface area (Å²) in [5.41, 5.74) is 1.82. The Labute approximate surface area is 160 Å². The number of allylic oxidation sites excluding steroid dienone is 2. The van der Waals surface area contributed by atoms with Gasteiger partial charge in [0.2, 0.25) is 0 Å². The van der Waals surface area contributed by atoms with Crippen molar-refractivity contribution in [2.75, 3.05) is 6.61 Å². The molecule has 1 aliphatic heterocycles. The van der Waals surface area contributed by atoms with Crippen LogP contribution in [0.3, 0.4) is 0 Å². The Hall–Kier alpha value is -2.40. The van der Waals surface area contributed by atoms with E-state index in [1.54, 1.807) is 26.0 Å². The third-order valence-corrected chi connectivity index (χ3v) is 5.00. The first-order chi connectivity index (χ1) is 13.0. The monoisotopic (exact) mass is 370 g/mol. The molecule has 1 aromatic carbocycles. The van der Waals surface area contributed by atoms with Crippen molar-refractivity contribution >= 4 is 11.9 Å². The number of ether oxygens (including phenoxy) is 3. The van der Waals surface area contributed by atoms with Gasteiger partial charge in [-0.05, 0) is 44.6 Å². The molecule has 3 unspecified atom stereocenters. The minimum atomic E-state index is -0.405. The molecule has 2 fully saturated rings. The molecule has 1 saturated heterocycles. The van der Waals surface area contributed by atoms with Crippen molar-refractivity contribution in [3.8, 4) is 0 Å². The fourth-order valence-corrected chi connectivity index (χ4v) is 3.17. The van der Waals surface area contributed by atoms with Gasteiger partial charge in [0.25, 0.3) is 0 Å². The van der Waals surface area contributed by atoms with Gasteiger partial charge in [0.15, 0.2) is 0 Å². The lowest BCUT2D eigenvalue weighted by Crippen LogP contribution is -2.20. The number of rotatable bonds is 7. The first-order valence-corrected chi connectivity index (χ1v) is 9.41. The molecule has 0 spiro atoms. The van der Waals surface area contributed by atoms with Crippen molar-refractivity contribution in [2.24, 2.45) is 5.92 Å². The maximum absolute atomic E-state index is 12.1. The number of carbonyl (C=O) groups is 2. The summed E-state index contributed by atoms with van der Waals surface area (Å²) in [7, 11) is 0. The van der Waals surface area contributed by atoms with Crippen LogP contribution in [0.15, 0.2) is 53.6 Å². The fraction of sp³-hybridized carbons (Fsp3) is 0.455. The summed E-state index contributed by atoms with van der Waals surface area (Å²) < 4.78 is 16.2. The van der Waals surface area contributed by atoms with Gasteiger partial charge in [-0.1, -0.05) is 42.5 Å². The first kappa shape index (κ1) is 19.4. The molecule has 5 heteroatoms. The van der Waals surface area contributed by atoms with Gasteiger partial charge in [0, 0.05) is 11.1 Å². The van der Waals surface area contributed by atoms with E-state index < -0.39 is 5.97 Å². The standard InChI is InChI=1S/C22H26O5/c1-15(21(23)25-13-17-6-4-3-5-7-17)8-9-16(2)22(24)26-14-18-10-11-19-20(12-18)27-19/h3-9,18-20H,10-14H2,1-2H3/b15-8+,16-9+. The Morgan fingerprint density at radius 2 is 1.67 bits per heavy atom. The van der Waals surface area contributed by atoms with Gasteiger partial charge in [-0.3, -0.25) is 0 Å². The Morgan fingerprint density at radius 3 is 2.33 bits per heavy atom. The summed E-state index contributed by atoms with van der Waals surface area (Å²) in [6, 6.07) is 9.50. The molecule has 0 radical (unpaired) electrons. The van der Waals surface area contributed by atoms with E-state index in [1.165, 1.54) is 0 Å². The van der Waals surface area contributed by atoms with Crippen LogP contribution in [0.4, 0.5) is 0 Å². The van der Waals surface area contributed by atoms with Crippen molar-refractivity contribution in [1.29, 1.82) is 0 Å². The molecule has 0 aromatic heterocycles. The highest BCUT2D eigenvalue weighted by Crippen LogP contribution is 2.39. The summed E-state index contributed by atoms with van der Waals surface area (Å²) in [4.78, 5) is 24.1. The van der Waals surface area contributed by atoms with Crippen LogP contribution in [0.2, 0.25) is 0 Å². The third-order valence-electron chi connectivity index (χ3n) is 5.00. The van der Waals surface area contributed by atoms with Gasteiger partial charge >= 0.3 is 11.9 Å².